The van der Waals surface area contributed by atoms with Gasteiger partial charge in [0.2, 0.25) is 0 Å². The van der Waals surface area contributed by atoms with Gasteiger partial charge in [-0.2, -0.15) is 0 Å². The van der Waals surface area contributed by atoms with Crippen molar-refractivity contribution < 1.29 is 5.11 Å². The fourth-order valence-electron chi connectivity index (χ4n) is 1.70. The average molecular weight is 242 g/mol. The number of anilines is 1. The Labute approximate surface area is 100 Å². The zero-order valence-electron chi connectivity index (χ0n) is 9.57. The molecule has 0 radical (unpaired) electrons. The monoisotopic (exact) mass is 241 g/mol. The molecule has 0 spiro atoms. The molecule has 4 nitrogen and oxygen atoms in total. The van der Waals surface area contributed by atoms with E-state index in [2.05, 4.69) is 14.9 Å². The molecule has 0 saturated heterocycles. The first-order chi connectivity index (χ1) is 7.63. The second-order valence-electron chi connectivity index (χ2n) is 4.16. The molecule has 0 amide bonds. The van der Waals surface area contributed by atoms with Crippen LogP contribution in [0.1, 0.15) is 24.2 Å². The summed E-state index contributed by atoms with van der Waals surface area (Å²) in [5.74, 6) is 0.710. The molecule has 5 heteroatoms. The van der Waals surface area contributed by atoms with Gasteiger partial charge < -0.3 is 10.0 Å². The molecule has 1 N–H and O–H groups in total. The highest BCUT2D eigenvalue weighted by atomic mass is 35.5. The van der Waals surface area contributed by atoms with Crippen LogP contribution < -0.4 is 4.90 Å². The number of aliphatic hydroxyl groups is 1. The van der Waals surface area contributed by atoms with Crippen molar-refractivity contribution in [3.63, 3.8) is 0 Å². The van der Waals surface area contributed by atoms with Crippen molar-refractivity contribution in [1.29, 1.82) is 0 Å². The van der Waals surface area contributed by atoms with E-state index < -0.39 is 0 Å². The molecule has 1 aromatic heterocycles. The van der Waals surface area contributed by atoms with Crippen LogP contribution in [0.2, 0.25) is 5.15 Å². The SMILES string of the molecule is Cc1nc(Cl)c(N(CCO)C2CC2)nc1C. The first-order valence-electron chi connectivity index (χ1n) is 5.51. The van der Waals surface area contributed by atoms with Crippen LogP contribution in [0.4, 0.5) is 5.82 Å². The van der Waals surface area contributed by atoms with Gasteiger partial charge in [0.05, 0.1) is 18.0 Å². The number of halogens is 1. The summed E-state index contributed by atoms with van der Waals surface area (Å²) in [7, 11) is 0. The van der Waals surface area contributed by atoms with Gasteiger partial charge in [0.1, 0.15) is 0 Å². The molecule has 0 aliphatic heterocycles. The summed E-state index contributed by atoms with van der Waals surface area (Å²) in [5.41, 5.74) is 1.75. The standard InChI is InChI=1S/C11H16ClN3O/c1-7-8(2)14-11(10(12)13-7)15(5-6-16)9-3-4-9/h9,16H,3-6H2,1-2H3. The lowest BCUT2D eigenvalue weighted by Crippen LogP contribution is -2.30. The van der Waals surface area contributed by atoms with E-state index in [0.717, 1.165) is 24.2 Å². The number of aromatic nitrogens is 2. The van der Waals surface area contributed by atoms with Gasteiger partial charge >= 0.3 is 0 Å². The maximum Gasteiger partial charge on any atom is 0.171 e. The fourth-order valence-corrected chi connectivity index (χ4v) is 1.98. The van der Waals surface area contributed by atoms with Crippen LogP contribution in [0.15, 0.2) is 0 Å². The highest BCUT2D eigenvalue weighted by Gasteiger charge is 2.31. The molecule has 1 heterocycles. The average Bonchev–Trinajstić information content (AvgIpc) is 3.04. The topological polar surface area (TPSA) is 49.2 Å². The third kappa shape index (κ3) is 2.28. The van der Waals surface area contributed by atoms with Crippen LogP contribution in [0, 0.1) is 13.8 Å². The van der Waals surface area contributed by atoms with Crippen molar-refractivity contribution in [2.24, 2.45) is 0 Å². The van der Waals surface area contributed by atoms with E-state index in [1.165, 1.54) is 0 Å². The highest BCUT2D eigenvalue weighted by molar-refractivity contribution is 6.31. The largest absolute Gasteiger partial charge is 0.395 e. The van der Waals surface area contributed by atoms with E-state index in [0.29, 0.717) is 23.6 Å². The second-order valence-corrected chi connectivity index (χ2v) is 4.52. The minimum atomic E-state index is 0.113. The van der Waals surface area contributed by atoms with E-state index in [1.54, 1.807) is 0 Å². The molecule has 1 aromatic rings. The Morgan fingerprint density at radius 1 is 1.31 bits per heavy atom. The van der Waals surface area contributed by atoms with E-state index in [-0.39, 0.29) is 6.61 Å². The van der Waals surface area contributed by atoms with Crippen molar-refractivity contribution in [3.8, 4) is 0 Å². The molecule has 88 valence electrons. The van der Waals surface area contributed by atoms with Gasteiger partial charge in [0.25, 0.3) is 0 Å². The molecule has 2 rings (SSSR count). The summed E-state index contributed by atoms with van der Waals surface area (Å²) >= 11 is 6.11. The lowest BCUT2D eigenvalue weighted by atomic mass is 10.3. The van der Waals surface area contributed by atoms with Crippen molar-refractivity contribution in [2.75, 3.05) is 18.1 Å². The molecule has 0 aromatic carbocycles. The summed E-state index contributed by atoms with van der Waals surface area (Å²) in [5, 5.41) is 9.49. The normalized spacial score (nSPS) is 15.2. The summed E-state index contributed by atoms with van der Waals surface area (Å²) in [6.45, 7) is 4.50. The minimum Gasteiger partial charge on any atom is -0.395 e. The van der Waals surface area contributed by atoms with E-state index >= 15 is 0 Å². The quantitative estimate of drug-likeness (QED) is 0.872. The smallest absolute Gasteiger partial charge is 0.171 e. The summed E-state index contributed by atoms with van der Waals surface area (Å²) in [6, 6.07) is 0.473. The number of hydrogen-bond donors (Lipinski definition) is 1. The first kappa shape index (κ1) is 11.6. The van der Waals surface area contributed by atoms with Gasteiger partial charge in [-0.15, -0.1) is 0 Å². The number of rotatable bonds is 4. The van der Waals surface area contributed by atoms with Gasteiger partial charge in [0, 0.05) is 12.6 Å². The Morgan fingerprint density at radius 2 is 1.94 bits per heavy atom. The van der Waals surface area contributed by atoms with Crippen molar-refractivity contribution in [1.82, 2.24) is 9.97 Å². The zero-order valence-corrected chi connectivity index (χ0v) is 10.3. The number of aliphatic hydroxyl groups excluding tert-OH is 1. The molecule has 0 unspecified atom stereocenters. The van der Waals surface area contributed by atoms with Crippen molar-refractivity contribution in [3.05, 3.63) is 16.5 Å². The Balaban J connectivity index is 2.32. The van der Waals surface area contributed by atoms with E-state index in [9.17, 15) is 0 Å². The van der Waals surface area contributed by atoms with Crippen LogP contribution in [-0.2, 0) is 0 Å². The predicted octanol–water partition coefficient (Wildman–Crippen LogP) is 1.71. The van der Waals surface area contributed by atoms with Gasteiger partial charge in [-0.3, -0.25) is 0 Å². The number of aryl methyl sites for hydroxylation is 2. The van der Waals surface area contributed by atoms with Gasteiger partial charge in [-0.25, -0.2) is 9.97 Å². The van der Waals surface area contributed by atoms with E-state index in [4.69, 9.17) is 16.7 Å². The molecule has 1 aliphatic rings. The molecule has 0 atom stereocenters. The molecule has 1 saturated carbocycles. The maximum absolute atomic E-state index is 9.06. The van der Waals surface area contributed by atoms with Gasteiger partial charge in [-0.05, 0) is 26.7 Å². The minimum absolute atomic E-state index is 0.113. The molecule has 0 bridgehead atoms. The molecular weight excluding hydrogens is 226 g/mol. The second kappa shape index (κ2) is 4.55. The number of nitrogens with zero attached hydrogens (tertiary/aromatic N) is 3. The summed E-state index contributed by atoms with van der Waals surface area (Å²) in [6.07, 6.45) is 2.29. The maximum atomic E-state index is 9.06. The fraction of sp³-hybridized carbons (Fsp3) is 0.636. The van der Waals surface area contributed by atoms with Gasteiger partial charge in [-0.1, -0.05) is 11.6 Å². The number of hydrogen-bond acceptors (Lipinski definition) is 4. The van der Waals surface area contributed by atoms with Crippen LogP contribution >= 0.6 is 11.6 Å². The highest BCUT2D eigenvalue weighted by Crippen LogP contribution is 2.33. The van der Waals surface area contributed by atoms with E-state index in [1.807, 2.05) is 13.8 Å². The Hall–Kier alpha value is -0.870. The van der Waals surface area contributed by atoms with Crippen LogP contribution in [0.25, 0.3) is 0 Å². The first-order valence-corrected chi connectivity index (χ1v) is 5.89. The van der Waals surface area contributed by atoms with Gasteiger partial charge in [0.15, 0.2) is 11.0 Å². The van der Waals surface area contributed by atoms with Crippen LogP contribution in [0.5, 0.6) is 0 Å². The molecule has 1 fully saturated rings. The molecule has 16 heavy (non-hydrogen) atoms. The summed E-state index contributed by atoms with van der Waals surface area (Å²) < 4.78 is 0. The lowest BCUT2D eigenvalue weighted by Gasteiger charge is -2.23. The Bertz CT molecular complexity index is 393. The Kier molecular flexibility index (Phi) is 3.30. The lowest BCUT2D eigenvalue weighted by molar-refractivity contribution is 0.301. The molecule has 1 aliphatic carbocycles. The van der Waals surface area contributed by atoms with Crippen LogP contribution in [-0.4, -0.2) is 34.3 Å². The van der Waals surface area contributed by atoms with Crippen LogP contribution in [0.3, 0.4) is 0 Å². The predicted molar refractivity (Wildman–Crippen MR) is 64.0 cm³/mol. The zero-order chi connectivity index (χ0) is 11.7. The van der Waals surface area contributed by atoms with Crippen molar-refractivity contribution in [2.45, 2.75) is 32.7 Å². The Morgan fingerprint density at radius 3 is 2.50 bits per heavy atom. The third-order valence-corrected chi connectivity index (χ3v) is 3.10. The third-order valence-electron chi connectivity index (χ3n) is 2.85. The summed E-state index contributed by atoms with van der Waals surface area (Å²) in [4.78, 5) is 10.8. The molecular formula is C11H16ClN3O. The van der Waals surface area contributed by atoms with Crippen molar-refractivity contribution >= 4 is 17.4 Å².